The van der Waals surface area contributed by atoms with E-state index in [9.17, 15) is 0 Å². The monoisotopic (exact) mass is 308 g/mol. The van der Waals surface area contributed by atoms with E-state index < -0.39 is 0 Å². The lowest BCUT2D eigenvalue weighted by Crippen LogP contribution is -2.11. The maximum absolute atomic E-state index is 7.43. The first kappa shape index (κ1) is 15.2. The minimum atomic E-state index is -0.0230. The van der Waals surface area contributed by atoms with Crippen LogP contribution in [0.25, 0.3) is 0 Å². The van der Waals surface area contributed by atoms with E-state index in [0.29, 0.717) is 22.1 Å². The van der Waals surface area contributed by atoms with Crippen LogP contribution in [0.2, 0.25) is 5.02 Å². The Morgan fingerprint density at radius 2 is 2.14 bits per heavy atom. The summed E-state index contributed by atoms with van der Waals surface area (Å²) >= 11 is 6.18. The number of rotatable bonds is 5. The van der Waals surface area contributed by atoms with Crippen LogP contribution < -0.4 is 15.2 Å². The average Bonchev–Trinajstić information content (AvgIpc) is 2.70. The zero-order valence-electron chi connectivity index (χ0n) is 12.1. The van der Waals surface area contributed by atoms with Gasteiger partial charge in [-0.1, -0.05) is 11.6 Å². The highest BCUT2D eigenvalue weighted by molar-refractivity contribution is 6.31. The molecule has 0 radical (unpaired) electrons. The first-order chi connectivity index (χ1) is 9.93. The van der Waals surface area contributed by atoms with Crippen molar-refractivity contribution in [3.05, 3.63) is 40.2 Å². The van der Waals surface area contributed by atoms with Crippen LogP contribution in [-0.2, 0) is 13.7 Å². The third-order valence-electron chi connectivity index (χ3n) is 3.10. The summed E-state index contributed by atoms with van der Waals surface area (Å²) in [5.74, 6) is 1.04. The predicted molar refractivity (Wildman–Crippen MR) is 81.3 cm³/mol. The summed E-state index contributed by atoms with van der Waals surface area (Å²) in [6.45, 7) is 2.11. The van der Waals surface area contributed by atoms with Crippen molar-refractivity contribution in [2.24, 2.45) is 12.8 Å². The summed E-state index contributed by atoms with van der Waals surface area (Å²) in [6, 6.07) is 5.08. The van der Waals surface area contributed by atoms with Crippen LogP contribution in [0, 0.1) is 12.3 Å². The third-order valence-corrected chi connectivity index (χ3v) is 3.59. The number of halogens is 1. The molecular formula is C14H17ClN4O2. The van der Waals surface area contributed by atoms with Crippen molar-refractivity contribution >= 4 is 17.4 Å². The van der Waals surface area contributed by atoms with E-state index in [-0.39, 0.29) is 12.4 Å². The topological polar surface area (TPSA) is 86.2 Å². The molecule has 3 N–H and O–H groups in total. The largest absolute Gasteiger partial charge is 0.493 e. The number of ether oxygens (including phenoxy) is 2. The summed E-state index contributed by atoms with van der Waals surface area (Å²) in [5.41, 5.74) is 7.58. The number of nitrogens with one attached hydrogen (secondary N) is 1. The standard InChI is InChI=1S/C14H17ClN4O2/c1-8-13(15)10(19(2)18-8)7-21-11-5-4-9(14(16)17)6-12(11)20-3/h4-6H,7H2,1-3H3,(H3,16,17). The lowest BCUT2D eigenvalue weighted by atomic mass is 10.2. The molecule has 0 spiro atoms. The Labute approximate surface area is 127 Å². The van der Waals surface area contributed by atoms with Gasteiger partial charge in [-0.05, 0) is 25.1 Å². The molecule has 2 rings (SSSR count). The number of aryl methyl sites for hydroxylation is 2. The van der Waals surface area contributed by atoms with E-state index in [1.54, 1.807) is 22.9 Å². The molecule has 0 saturated carbocycles. The molecule has 0 amide bonds. The van der Waals surface area contributed by atoms with Gasteiger partial charge in [0.15, 0.2) is 11.5 Å². The molecule has 0 fully saturated rings. The van der Waals surface area contributed by atoms with Gasteiger partial charge in [0.1, 0.15) is 12.4 Å². The molecule has 21 heavy (non-hydrogen) atoms. The van der Waals surface area contributed by atoms with Crippen molar-refractivity contribution in [1.82, 2.24) is 9.78 Å². The fourth-order valence-corrected chi connectivity index (χ4v) is 2.15. The maximum Gasteiger partial charge on any atom is 0.161 e. The first-order valence-corrected chi connectivity index (χ1v) is 6.65. The summed E-state index contributed by atoms with van der Waals surface area (Å²) in [7, 11) is 3.35. The second-order valence-corrected chi connectivity index (χ2v) is 4.92. The van der Waals surface area contributed by atoms with Crippen LogP contribution in [0.1, 0.15) is 17.0 Å². The van der Waals surface area contributed by atoms with E-state index in [0.717, 1.165) is 11.4 Å². The molecule has 0 bridgehead atoms. The fraction of sp³-hybridized carbons (Fsp3) is 0.286. The Balaban J connectivity index is 2.22. The van der Waals surface area contributed by atoms with Gasteiger partial charge in [-0.3, -0.25) is 10.1 Å². The second-order valence-electron chi connectivity index (χ2n) is 4.54. The van der Waals surface area contributed by atoms with Crippen LogP contribution >= 0.6 is 11.6 Å². The summed E-state index contributed by atoms with van der Waals surface area (Å²) < 4.78 is 12.7. The lowest BCUT2D eigenvalue weighted by Gasteiger charge is -2.12. The Bertz CT molecular complexity index is 682. The highest BCUT2D eigenvalue weighted by Gasteiger charge is 2.13. The van der Waals surface area contributed by atoms with E-state index in [2.05, 4.69) is 5.10 Å². The second kappa shape index (κ2) is 6.05. The molecular weight excluding hydrogens is 292 g/mol. The molecule has 0 unspecified atom stereocenters. The number of hydrogen-bond acceptors (Lipinski definition) is 4. The molecule has 0 atom stereocenters. The molecule has 1 heterocycles. The van der Waals surface area contributed by atoms with E-state index in [1.807, 2.05) is 14.0 Å². The lowest BCUT2D eigenvalue weighted by molar-refractivity contribution is 0.276. The highest BCUT2D eigenvalue weighted by Crippen LogP contribution is 2.29. The zero-order valence-corrected chi connectivity index (χ0v) is 12.9. The van der Waals surface area contributed by atoms with E-state index in [4.69, 9.17) is 32.2 Å². The number of nitrogens with two attached hydrogens (primary N) is 1. The van der Waals surface area contributed by atoms with Crippen molar-refractivity contribution in [2.45, 2.75) is 13.5 Å². The number of nitrogens with zero attached hydrogens (tertiary/aromatic N) is 2. The smallest absolute Gasteiger partial charge is 0.161 e. The third kappa shape index (κ3) is 3.11. The Kier molecular flexibility index (Phi) is 4.37. The first-order valence-electron chi connectivity index (χ1n) is 6.27. The van der Waals surface area contributed by atoms with Gasteiger partial charge in [0.05, 0.1) is 23.5 Å². The van der Waals surface area contributed by atoms with Gasteiger partial charge in [-0.15, -0.1) is 0 Å². The molecule has 0 aliphatic carbocycles. The molecule has 0 aliphatic rings. The average molecular weight is 309 g/mol. The maximum atomic E-state index is 7.43. The van der Waals surface area contributed by atoms with Crippen molar-refractivity contribution < 1.29 is 9.47 Å². The van der Waals surface area contributed by atoms with Crippen LogP contribution in [0.5, 0.6) is 11.5 Å². The SMILES string of the molecule is COc1cc(C(=N)N)ccc1OCc1c(Cl)c(C)nn1C. The summed E-state index contributed by atoms with van der Waals surface area (Å²) in [5, 5.41) is 12.3. The van der Waals surface area contributed by atoms with Crippen LogP contribution in [0.3, 0.4) is 0 Å². The van der Waals surface area contributed by atoms with Gasteiger partial charge in [-0.2, -0.15) is 5.10 Å². The Morgan fingerprint density at radius 1 is 1.43 bits per heavy atom. The predicted octanol–water partition coefficient (Wildman–Crippen LogP) is 2.25. The van der Waals surface area contributed by atoms with E-state index in [1.165, 1.54) is 7.11 Å². The zero-order chi connectivity index (χ0) is 15.6. The Hall–Kier alpha value is -2.21. The molecule has 0 aliphatic heterocycles. The molecule has 2 aromatic rings. The summed E-state index contributed by atoms with van der Waals surface area (Å²) in [4.78, 5) is 0. The van der Waals surface area contributed by atoms with Crippen molar-refractivity contribution in [2.75, 3.05) is 7.11 Å². The van der Waals surface area contributed by atoms with Crippen molar-refractivity contribution in [1.29, 1.82) is 5.41 Å². The van der Waals surface area contributed by atoms with Crippen LogP contribution in [-0.4, -0.2) is 22.7 Å². The quantitative estimate of drug-likeness (QED) is 0.655. The van der Waals surface area contributed by atoms with Gasteiger partial charge in [-0.25, -0.2) is 0 Å². The number of methoxy groups -OCH3 is 1. The van der Waals surface area contributed by atoms with Gasteiger partial charge < -0.3 is 15.2 Å². The molecule has 1 aromatic carbocycles. The van der Waals surface area contributed by atoms with Gasteiger partial charge in [0.2, 0.25) is 0 Å². The minimum Gasteiger partial charge on any atom is -0.493 e. The number of benzene rings is 1. The van der Waals surface area contributed by atoms with Crippen LogP contribution in [0.4, 0.5) is 0 Å². The highest BCUT2D eigenvalue weighted by atomic mass is 35.5. The van der Waals surface area contributed by atoms with Gasteiger partial charge in [0.25, 0.3) is 0 Å². The molecule has 7 heteroatoms. The number of aromatic nitrogens is 2. The molecule has 112 valence electrons. The Morgan fingerprint density at radius 3 is 2.67 bits per heavy atom. The normalized spacial score (nSPS) is 10.5. The number of nitrogen functional groups attached to an aromatic ring is 1. The van der Waals surface area contributed by atoms with Crippen LogP contribution in [0.15, 0.2) is 18.2 Å². The minimum absolute atomic E-state index is 0.0230. The van der Waals surface area contributed by atoms with E-state index >= 15 is 0 Å². The fourth-order valence-electron chi connectivity index (χ4n) is 1.94. The van der Waals surface area contributed by atoms with Gasteiger partial charge in [0, 0.05) is 12.6 Å². The van der Waals surface area contributed by atoms with Crippen molar-refractivity contribution in [3.8, 4) is 11.5 Å². The molecule has 0 saturated heterocycles. The van der Waals surface area contributed by atoms with Gasteiger partial charge >= 0.3 is 0 Å². The number of hydrogen-bond donors (Lipinski definition) is 2. The number of amidine groups is 1. The van der Waals surface area contributed by atoms with Crippen molar-refractivity contribution in [3.63, 3.8) is 0 Å². The molecule has 6 nitrogen and oxygen atoms in total. The molecule has 1 aromatic heterocycles. The summed E-state index contributed by atoms with van der Waals surface area (Å²) in [6.07, 6.45) is 0.